The summed E-state index contributed by atoms with van der Waals surface area (Å²) in [4.78, 5) is 13.2. The maximum Gasteiger partial charge on any atom is 0.221 e. The summed E-state index contributed by atoms with van der Waals surface area (Å²) in [5.41, 5.74) is 5.25. The van der Waals surface area contributed by atoms with Gasteiger partial charge in [-0.15, -0.1) is 0 Å². The van der Waals surface area contributed by atoms with Gasteiger partial charge in [-0.05, 0) is 53.4 Å². The second-order valence-corrected chi connectivity index (χ2v) is 9.40. The lowest BCUT2D eigenvalue weighted by Crippen LogP contribution is -2.25. The van der Waals surface area contributed by atoms with Gasteiger partial charge in [-0.1, -0.05) is 78.4 Å². The number of hydrogen-bond donors (Lipinski definition) is 1. The topological polar surface area (TPSA) is 34.0 Å². The standard InChI is InChI=1S/C32H28F2N2O/c1-22-11-16-30(34)28(17-22)27(18-32(37)35-19-23-7-3-2-4-8-23)29-21-36(31-10-6-5-9-26(29)31)20-24-12-14-25(33)15-13-24/h2-17,21,27H,18-20H2,1H3,(H,35,37). The molecule has 1 amide bonds. The monoisotopic (exact) mass is 494 g/mol. The van der Waals surface area contributed by atoms with E-state index < -0.39 is 5.92 Å². The first-order valence-electron chi connectivity index (χ1n) is 12.4. The largest absolute Gasteiger partial charge is 0.352 e. The molecular weight excluding hydrogens is 466 g/mol. The number of halogens is 2. The van der Waals surface area contributed by atoms with E-state index in [1.807, 2.05) is 73.8 Å². The van der Waals surface area contributed by atoms with Crippen molar-refractivity contribution in [1.29, 1.82) is 0 Å². The predicted molar refractivity (Wildman–Crippen MR) is 143 cm³/mol. The molecule has 0 saturated carbocycles. The molecule has 0 spiro atoms. The molecule has 3 nitrogen and oxygen atoms in total. The Balaban J connectivity index is 1.53. The van der Waals surface area contributed by atoms with Crippen LogP contribution in [0.25, 0.3) is 10.9 Å². The predicted octanol–water partition coefficient (Wildman–Crippen LogP) is 7.11. The van der Waals surface area contributed by atoms with Crippen LogP contribution in [0.3, 0.4) is 0 Å². The first-order valence-corrected chi connectivity index (χ1v) is 12.4. The third-order valence-electron chi connectivity index (χ3n) is 6.71. The number of fused-ring (bicyclic) bond motifs is 1. The van der Waals surface area contributed by atoms with Crippen molar-refractivity contribution in [3.05, 3.63) is 143 Å². The van der Waals surface area contributed by atoms with Crippen molar-refractivity contribution in [1.82, 2.24) is 9.88 Å². The highest BCUT2D eigenvalue weighted by molar-refractivity contribution is 5.87. The van der Waals surface area contributed by atoms with Crippen molar-refractivity contribution in [3.63, 3.8) is 0 Å². The molecule has 0 aliphatic rings. The Morgan fingerprint density at radius 3 is 2.35 bits per heavy atom. The summed E-state index contributed by atoms with van der Waals surface area (Å²) >= 11 is 0. The zero-order valence-electron chi connectivity index (χ0n) is 20.6. The molecule has 0 saturated heterocycles. The lowest BCUT2D eigenvalue weighted by atomic mass is 9.87. The molecule has 186 valence electrons. The number of aryl methyl sites for hydroxylation is 1. The number of amides is 1. The van der Waals surface area contributed by atoms with E-state index in [2.05, 4.69) is 9.88 Å². The quantitative estimate of drug-likeness (QED) is 0.245. The van der Waals surface area contributed by atoms with Gasteiger partial charge in [0.25, 0.3) is 0 Å². The second-order valence-electron chi connectivity index (χ2n) is 9.40. The molecule has 1 unspecified atom stereocenters. The van der Waals surface area contributed by atoms with Gasteiger partial charge >= 0.3 is 0 Å². The van der Waals surface area contributed by atoms with E-state index in [9.17, 15) is 9.18 Å². The molecule has 5 rings (SSSR count). The molecule has 1 aromatic heterocycles. The molecular formula is C32H28F2N2O. The van der Waals surface area contributed by atoms with Crippen LogP contribution in [0.15, 0.2) is 103 Å². The smallest absolute Gasteiger partial charge is 0.221 e. The molecule has 0 radical (unpaired) electrons. The van der Waals surface area contributed by atoms with Crippen LogP contribution in [0.1, 0.15) is 40.2 Å². The summed E-state index contributed by atoms with van der Waals surface area (Å²) in [5, 5.41) is 3.96. The van der Waals surface area contributed by atoms with Crippen LogP contribution in [-0.4, -0.2) is 10.5 Å². The summed E-state index contributed by atoms with van der Waals surface area (Å²) in [7, 11) is 0. The van der Waals surface area contributed by atoms with Crippen molar-refractivity contribution < 1.29 is 13.6 Å². The highest BCUT2D eigenvalue weighted by Gasteiger charge is 2.25. The highest BCUT2D eigenvalue weighted by Crippen LogP contribution is 2.36. The third-order valence-corrected chi connectivity index (χ3v) is 6.71. The Kier molecular flexibility index (Phi) is 7.13. The fraction of sp³-hybridized carbons (Fsp3) is 0.156. The average Bonchev–Trinajstić information content (AvgIpc) is 3.27. The van der Waals surface area contributed by atoms with Gasteiger partial charge in [-0.2, -0.15) is 0 Å². The van der Waals surface area contributed by atoms with Crippen molar-refractivity contribution in [3.8, 4) is 0 Å². The van der Waals surface area contributed by atoms with Crippen molar-refractivity contribution >= 4 is 16.8 Å². The Morgan fingerprint density at radius 2 is 1.57 bits per heavy atom. The third kappa shape index (κ3) is 5.61. The lowest BCUT2D eigenvalue weighted by Gasteiger charge is -2.19. The highest BCUT2D eigenvalue weighted by atomic mass is 19.1. The normalized spacial score (nSPS) is 12.0. The van der Waals surface area contributed by atoms with Gasteiger partial charge in [0.05, 0.1) is 0 Å². The summed E-state index contributed by atoms with van der Waals surface area (Å²) < 4.78 is 30.8. The van der Waals surface area contributed by atoms with Gasteiger partial charge < -0.3 is 9.88 Å². The summed E-state index contributed by atoms with van der Waals surface area (Å²) in [5.74, 6) is -1.24. The molecule has 4 aromatic carbocycles. The molecule has 1 heterocycles. The van der Waals surface area contributed by atoms with Crippen molar-refractivity contribution in [2.24, 2.45) is 0 Å². The SMILES string of the molecule is Cc1ccc(F)c(C(CC(=O)NCc2ccccc2)c2cn(Cc3ccc(F)cc3)c3ccccc23)c1. The van der Waals surface area contributed by atoms with Gasteiger partial charge in [0.1, 0.15) is 11.6 Å². The van der Waals surface area contributed by atoms with Crippen LogP contribution in [-0.2, 0) is 17.9 Å². The number of nitrogens with zero attached hydrogens (tertiary/aromatic N) is 1. The first kappa shape index (κ1) is 24.4. The van der Waals surface area contributed by atoms with Gasteiger partial charge in [0.2, 0.25) is 5.91 Å². The van der Waals surface area contributed by atoms with E-state index in [1.165, 1.54) is 18.2 Å². The van der Waals surface area contributed by atoms with E-state index in [-0.39, 0.29) is 24.0 Å². The number of benzene rings is 4. The van der Waals surface area contributed by atoms with Gasteiger partial charge in [-0.25, -0.2) is 8.78 Å². The Morgan fingerprint density at radius 1 is 0.838 bits per heavy atom. The first-order chi connectivity index (χ1) is 18.0. The Bertz CT molecular complexity index is 1520. The number of aromatic nitrogens is 1. The van der Waals surface area contributed by atoms with Gasteiger partial charge in [-0.3, -0.25) is 4.79 Å². The van der Waals surface area contributed by atoms with Crippen molar-refractivity contribution in [2.75, 3.05) is 0 Å². The van der Waals surface area contributed by atoms with Crippen LogP contribution >= 0.6 is 0 Å². The Hall–Kier alpha value is -4.25. The molecule has 1 N–H and O–H groups in total. The minimum atomic E-state index is -0.477. The average molecular weight is 495 g/mol. The van der Waals surface area contributed by atoms with Crippen LogP contribution in [0.2, 0.25) is 0 Å². The van der Waals surface area contributed by atoms with Crippen LogP contribution in [0.4, 0.5) is 8.78 Å². The van der Waals surface area contributed by atoms with E-state index in [1.54, 1.807) is 18.2 Å². The van der Waals surface area contributed by atoms with Gasteiger partial charge in [0, 0.05) is 42.5 Å². The van der Waals surface area contributed by atoms with Crippen LogP contribution in [0, 0.1) is 18.6 Å². The minimum absolute atomic E-state index is 0.109. The molecule has 5 heteroatoms. The molecule has 5 aromatic rings. The maximum atomic E-state index is 15.2. The fourth-order valence-electron chi connectivity index (χ4n) is 4.84. The fourth-order valence-corrected chi connectivity index (χ4v) is 4.84. The van der Waals surface area contributed by atoms with E-state index in [4.69, 9.17) is 0 Å². The van der Waals surface area contributed by atoms with Crippen LogP contribution in [0.5, 0.6) is 0 Å². The molecule has 0 fully saturated rings. The molecule has 1 atom stereocenters. The van der Waals surface area contributed by atoms with Crippen LogP contribution < -0.4 is 5.32 Å². The zero-order chi connectivity index (χ0) is 25.8. The number of carbonyl (C=O) groups is 1. The number of hydrogen-bond acceptors (Lipinski definition) is 1. The van der Waals surface area contributed by atoms with E-state index in [0.717, 1.165) is 33.2 Å². The number of para-hydroxylation sites is 1. The number of carbonyl (C=O) groups excluding carboxylic acids is 1. The molecule has 37 heavy (non-hydrogen) atoms. The Labute approximate surface area is 215 Å². The van der Waals surface area contributed by atoms with Crippen molar-refractivity contribution in [2.45, 2.75) is 32.4 Å². The number of nitrogens with one attached hydrogen (secondary N) is 1. The van der Waals surface area contributed by atoms with E-state index in [0.29, 0.717) is 18.7 Å². The number of rotatable bonds is 8. The second kappa shape index (κ2) is 10.8. The molecule has 0 bridgehead atoms. The van der Waals surface area contributed by atoms with E-state index >= 15 is 4.39 Å². The zero-order valence-corrected chi connectivity index (χ0v) is 20.6. The lowest BCUT2D eigenvalue weighted by molar-refractivity contribution is -0.121. The summed E-state index contributed by atoms with van der Waals surface area (Å²) in [6, 6.07) is 29.1. The molecule has 0 aliphatic heterocycles. The minimum Gasteiger partial charge on any atom is -0.352 e. The maximum absolute atomic E-state index is 15.2. The summed E-state index contributed by atoms with van der Waals surface area (Å²) in [6.45, 7) is 2.87. The van der Waals surface area contributed by atoms with Gasteiger partial charge in [0.15, 0.2) is 0 Å². The molecule has 0 aliphatic carbocycles. The summed E-state index contributed by atoms with van der Waals surface area (Å²) in [6.07, 6.45) is 2.11.